The molecule has 7 heteroatoms. The van der Waals surface area contributed by atoms with E-state index in [2.05, 4.69) is 29.1 Å². The van der Waals surface area contributed by atoms with Gasteiger partial charge in [-0.1, -0.05) is 19.6 Å². The van der Waals surface area contributed by atoms with Crippen LogP contribution in [0.25, 0.3) is 0 Å². The molecule has 0 N–H and O–H groups in total. The molecule has 0 saturated carbocycles. The van der Waals surface area contributed by atoms with Crippen LogP contribution in [0.3, 0.4) is 0 Å². The predicted octanol–water partition coefficient (Wildman–Crippen LogP) is 2.05. The molecule has 1 heterocycles. The fraction of sp³-hybridized carbons (Fsp3) is 1.00. The molecule has 1 aliphatic rings. The summed E-state index contributed by atoms with van der Waals surface area (Å²) >= 11 is 0. The molecule has 5 nitrogen and oxygen atoms in total. The van der Waals surface area contributed by atoms with Crippen LogP contribution in [0, 0.1) is 0 Å². The van der Waals surface area contributed by atoms with Gasteiger partial charge in [0.15, 0.2) is 0 Å². The van der Waals surface area contributed by atoms with E-state index in [4.69, 9.17) is 13.3 Å². The Morgan fingerprint density at radius 2 is 1.55 bits per heavy atom. The number of hydrogen-bond acceptors (Lipinski definition) is 5. The third-order valence-corrected chi connectivity index (χ3v) is 9.21. The van der Waals surface area contributed by atoms with E-state index in [-0.39, 0.29) is 0 Å². The van der Waals surface area contributed by atoms with Crippen molar-refractivity contribution in [1.29, 1.82) is 0 Å². The Kier molecular flexibility index (Phi) is 7.33. The average Bonchev–Trinajstić information content (AvgIpc) is 2.44. The Morgan fingerprint density at radius 3 is 2.05 bits per heavy atom. The van der Waals surface area contributed by atoms with Crippen molar-refractivity contribution in [2.24, 2.45) is 0 Å². The summed E-state index contributed by atoms with van der Waals surface area (Å²) in [5, 5.41) is 0. The molecule has 0 amide bonds. The summed E-state index contributed by atoms with van der Waals surface area (Å²) in [6.07, 6.45) is 2.35. The van der Waals surface area contributed by atoms with Gasteiger partial charge in [-0.25, -0.2) is 0 Å². The van der Waals surface area contributed by atoms with E-state index >= 15 is 0 Å². The summed E-state index contributed by atoms with van der Waals surface area (Å²) in [7, 11) is 1.51. The second-order valence-electron chi connectivity index (χ2n) is 6.45. The van der Waals surface area contributed by atoms with E-state index in [1.807, 2.05) is 0 Å². The third kappa shape index (κ3) is 5.21. The van der Waals surface area contributed by atoms with E-state index < -0.39 is 17.0 Å². The van der Waals surface area contributed by atoms with E-state index in [0.29, 0.717) is 0 Å². The predicted molar refractivity (Wildman–Crippen MR) is 87.3 cm³/mol. The highest BCUT2D eigenvalue weighted by atomic mass is 28.4. The Morgan fingerprint density at radius 1 is 0.950 bits per heavy atom. The van der Waals surface area contributed by atoms with Crippen LogP contribution in [0.5, 0.6) is 0 Å². The molecule has 1 aliphatic heterocycles. The van der Waals surface area contributed by atoms with E-state index in [0.717, 1.165) is 25.7 Å². The van der Waals surface area contributed by atoms with Crippen LogP contribution < -0.4 is 0 Å². The summed E-state index contributed by atoms with van der Waals surface area (Å²) in [6, 6.07) is 0.889. The smallest absolute Gasteiger partial charge is 0.377 e. The molecule has 120 valence electrons. The summed E-state index contributed by atoms with van der Waals surface area (Å²) in [5.74, 6) is 0. The normalized spacial score (nSPS) is 19.5. The van der Waals surface area contributed by atoms with Crippen LogP contribution >= 0.6 is 0 Å². The Hall–Kier alpha value is 0.234. The molecule has 0 aromatic rings. The van der Waals surface area contributed by atoms with Crippen LogP contribution in [-0.2, 0) is 13.3 Å². The van der Waals surface area contributed by atoms with Crippen molar-refractivity contribution in [3.8, 4) is 0 Å². The fourth-order valence-electron chi connectivity index (χ4n) is 2.67. The van der Waals surface area contributed by atoms with Gasteiger partial charge < -0.3 is 17.8 Å². The minimum Gasteiger partial charge on any atom is -0.377 e. The molecule has 0 aliphatic carbocycles. The van der Waals surface area contributed by atoms with Gasteiger partial charge in [0.2, 0.25) is 0 Å². The molecule has 1 saturated heterocycles. The SMILES string of the molecule is CO[Si](CCCN1CCCN([Si](C)(C)C)C1)(OC)OC. The van der Waals surface area contributed by atoms with Gasteiger partial charge in [-0.15, -0.1) is 0 Å². The second kappa shape index (κ2) is 8.02. The van der Waals surface area contributed by atoms with Gasteiger partial charge in [0.05, 0.1) is 0 Å². The molecule has 0 aromatic heterocycles. The average molecular weight is 321 g/mol. The molecule has 0 atom stereocenters. The maximum absolute atomic E-state index is 5.47. The summed E-state index contributed by atoms with van der Waals surface area (Å²) in [5.41, 5.74) is 0. The van der Waals surface area contributed by atoms with Crippen molar-refractivity contribution in [2.75, 3.05) is 47.6 Å². The van der Waals surface area contributed by atoms with Gasteiger partial charge in [0.25, 0.3) is 0 Å². The van der Waals surface area contributed by atoms with E-state index in [9.17, 15) is 0 Å². The molecule has 0 bridgehead atoms. The van der Waals surface area contributed by atoms with Gasteiger partial charge in [0.1, 0.15) is 8.24 Å². The van der Waals surface area contributed by atoms with Crippen molar-refractivity contribution in [1.82, 2.24) is 9.47 Å². The maximum Gasteiger partial charge on any atom is 0.500 e. The van der Waals surface area contributed by atoms with Crippen LogP contribution in [0.2, 0.25) is 25.7 Å². The highest BCUT2D eigenvalue weighted by Crippen LogP contribution is 2.18. The highest BCUT2D eigenvalue weighted by molar-refractivity contribution is 6.73. The lowest BCUT2D eigenvalue weighted by atomic mass is 10.3. The molecular weight excluding hydrogens is 288 g/mol. The number of nitrogens with zero attached hydrogens (tertiary/aromatic N) is 2. The highest BCUT2D eigenvalue weighted by Gasteiger charge is 2.37. The zero-order chi connectivity index (χ0) is 15.2. The Bertz CT molecular complexity index is 275. The zero-order valence-corrected chi connectivity index (χ0v) is 16.1. The minimum atomic E-state index is -2.39. The molecule has 1 fully saturated rings. The molecule has 0 radical (unpaired) electrons. The molecule has 1 rings (SSSR count). The van der Waals surface area contributed by atoms with Crippen molar-refractivity contribution < 1.29 is 13.3 Å². The van der Waals surface area contributed by atoms with Crippen molar-refractivity contribution in [2.45, 2.75) is 38.5 Å². The van der Waals surface area contributed by atoms with Crippen molar-refractivity contribution in [3.05, 3.63) is 0 Å². The largest absolute Gasteiger partial charge is 0.500 e. The van der Waals surface area contributed by atoms with Crippen LogP contribution in [0.15, 0.2) is 0 Å². The molecule has 0 unspecified atom stereocenters. The summed E-state index contributed by atoms with van der Waals surface area (Å²) in [4.78, 5) is 2.56. The lowest BCUT2D eigenvalue weighted by Crippen LogP contribution is -2.55. The monoisotopic (exact) mass is 320 g/mol. The van der Waals surface area contributed by atoms with Crippen LogP contribution in [0.1, 0.15) is 12.8 Å². The second-order valence-corrected chi connectivity index (χ2v) is 14.5. The van der Waals surface area contributed by atoms with Crippen LogP contribution in [-0.4, -0.2) is 74.1 Å². The zero-order valence-electron chi connectivity index (χ0n) is 14.1. The third-order valence-electron chi connectivity index (χ3n) is 4.11. The van der Waals surface area contributed by atoms with Crippen LogP contribution in [0.4, 0.5) is 0 Å². The first-order valence-electron chi connectivity index (χ1n) is 7.50. The van der Waals surface area contributed by atoms with E-state index in [1.165, 1.54) is 19.5 Å². The fourth-order valence-corrected chi connectivity index (χ4v) is 5.83. The van der Waals surface area contributed by atoms with Gasteiger partial charge in [-0.2, -0.15) is 0 Å². The van der Waals surface area contributed by atoms with Crippen molar-refractivity contribution in [3.63, 3.8) is 0 Å². The van der Waals surface area contributed by atoms with Gasteiger partial charge in [-0.05, 0) is 25.9 Å². The van der Waals surface area contributed by atoms with Gasteiger partial charge in [0, 0.05) is 40.6 Å². The lowest BCUT2D eigenvalue weighted by molar-refractivity contribution is 0.114. The quantitative estimate of drug-likeness (QED) is 0.640. The van der Waals surface area contributed by atoms with Gasteiger partial charge >= 0.3 is 8.80 Å². The topological polar surface area (TPSA) is 34.2 Å². The Labute approximate surface area is 126 Å². The van der Waals surface area contributed by atoms with Gasteiger partial charge in [-0.3, -0.25) is 4.90 Å². The first-order valence-corrected chi connectivity index (χ1v) is 12.9. The maximum atomic E-state index is 5.47. The van der Waals surface area contributed by atoms with E-state index in [1.54, 1.807) is 21.3 Å². The number of hydrogen-bond donors (Lipinski definition) is 0. The molecular formula is C13H32N2O3Si2. The first-order chi connectivity index (χ1) is 9.37. The lowest BCUT2D eigenvalue weighted by Gasteiger charge is -2.42. The molecule has 0 spiro atoms. The Balaban J connectivity index is 2.38. The molecule has 20 heavy (non-hydrogen) atoms. The summed E-state index contributed by atoms with van der Waals surface area (Å²) < 4.78 is 19.1. The number of rotatable bonds is 8. The molecule has 0 aromatic carbocycles. The first kappa shape index (κ1) is 18.3. The summed E-state index contributed by atoms with van der Waals surface area (Å²) in [6.45, 7) is 12.0. The minimum absolute atomic E-state index is 0.889. The standard InChI is InChI=1S/C13H32N2O3Si2/c1-16-20(17-2,18-3)12-8-10-14-9-7-11-15(13-14)19(4,5)6/h7-13H2,1-6H3. The van der Waals surface area contributed by atoms with Crippen molar-refractivity contribution >= 4 is 17.0 Å².